The van der Waals surface area contributed by atoms with Gasteiger partial charge in [0.05, 0.1) is 30.1 Å². The smallest absolute Gasteiger partial charge is 0.353 e. The van der Waals surface area contributed by atoms with Crippen molar-refractivity contribution in [2.45, 2.75) is 75.1 Å². The number of likely N-dealkylation sites (tertiary alicyclic amines) is 1. The van der Waals surface area contributed by atoms with Crippen molar-refractivity contribution in [3.8, 4) is 0 Å². The molecule has 0 bridgehead atoms. The maximum atomic E-state index is 13.2. The highest BCUT2D eigenvalue weighted by Gasteiger charge is 2.60. The van der Waals surface area contributed by atoms with Crippen molar-refractivity contribution in [1.29, 1.82) is 0 Å². The Hall–Kier alpha value is -2.15. The molecule has 36 heavy (non-hydrogen) atoms. The van der Waals surface area contributed by atoms with Crippen LogP contribution in [0.15, 0.2) is 10.6 Å². The van der Waals surface area contributed by atoms with Crippen LogP contribution in [0.3, 0.4) is 0 Å². The Morgan fingerprint density at radius 3 is 2.64 bits per heavy atom. The molecule has 4 saturated heterocycles. The maximum absolute atomic E-state index is 13.2. The summed E-state index contributed by atoms with van der Waals surface area (Å²) < 4.78 is 0. The third kappa shape index (κ3) is 4.42. The second-order valence-corrected chi connectivity index (χ2v) is 12.0. The van der Waals surface area contributed by atoms with Gasteiger partial charge in [-0.1, -0.05) is 6.92 Å². The Bertz CT molecular complexity index is 982. The van der Waals surface area contributed by atoms with Gasteiger partial charge < -0.3 is 36.0 Å². The van der Waals surface area contributed by atoms with Crippen molar-refractivity contribution < 1.29 is 29.4 Å². The number of hydrogen-bond donors (Lipinski definition) is 5. The van der Waals surface area contributed by atoms with Gasteiger partial charge in [0.25, 0.3) is 0 Å². The first kappa shape index (κ1) is 25.5. The number of hydrogen-bond acceptors (Lipinski definition) is 8. The molecule has 3 amide bonds. The summed E-state index contributed by atoms with van der Waals surface area (Å²) in [6.45, 7) is 5.99. The summed E-state index contributed by atoms with van der Waals surface area (Å²) in [5.74, 6) is -2.24. The maximum Gasteiger partial charge on any atom is 0.353 e. The molecule has 8 atom stereocenters. The molecule has 0 saturated carbocycles. The fourth-order valence-electron chi connectivity index (χ4n) is 6.35. The lowest BCUT2D eigenvalue weighted by Crippen LogP contribution is -2.63. The summed E-state index contributed by atoms with van der Waals surface area (Å²) in [5.41, 5.74) is 0.0176. The predicted molar refractivity (Wildman–Crippen MR) is 132 cm³/mol. The molecule has 0 aliphatic carbocycles. The molecule has 198 valence electrons. The van der Waals surface area contributed by atoms with E-state index in [-0.39, 0.29) is 58.8 Å². The molecular formula is C24H35N5O6S. The Labute approximate surface area is 214 Å². The molecule has 5 aliphatic rings. The van der Waals surface area contributed by atoms with Crippen LogP contribution in [0.2, 0.25) is 0 Å². The summed E-state index contributed by atoms with van der Waals surface area (Å²) >= 11 is 1.44. The van der Waals surface area contributed by atoms with E-state index in [0.717, 1.165) is 25.8 Å². The van der Waals surface area contributed by atoms with E-state index in [9.17, 15) is 29.4 Å². The van der Waals surface area contributed by atoms with Gasteiger partial charge in [-0.05, 0) is 39.2 Å². The molecule has 0 radical (unpaired) electrons. The number of carboxylic acid groups (broad SMARTS) is 1. The fraction of sp³-hybridized carbons (Fsp3) is 0.750. The van der Waals surface area contributed by atoms with E-state index in [1.54, 1.807) is 11.8 Å². The van der Waals surface area contributed by atoms with Crippen LogP contribution in [-0.2, 0) is 19.2 Å². The van der Waals surface area contributed by atoms with Gasteiger partial charge in [0.15, 0.2) is 0 Å². The number of carbonyl (C=O) groups excluding carboxylic acids is 3. The van der Waals surface area contributed by atoms with Crippen LogP contribution < -0.4 is 16.0 Å². The third-order valence-corrected chi connectivity index (χ3v) is 9.73. The van der Waals surface area contributed by atoms with Gasteiger partial charge in [-0.2, -0.15) is 0 Å². The van der Waals surface area contributed by atoms with Gasteiger partial charge in [0.2, 0.25) is 17.7 Å². The number of β-lactam (4-membered cyclic amide) rings is 1. The quantitative estimate of drug-likeness (QED) is 0.268. The van der Waals surface area contributed by atoms with Crippen molar-refractivity contribution in [2.24, 2.45) is 11.8 Å². The standard InChI is InChI=1S/C24H35N5O6S/c1-11-18-17(12(2)30)23(33)29(18)19(24(34)35)20(11)36-14-8-16(26-9-14)22(32)28-7-5-13(10-28)27-21(31)15-4-3-6-25-15/h11-18,25-26,30H,3-10H2,1-2H3,(H,27,31)(H,34,35)/t11-,12-,13+,14+,15+,16+,17-,18-/m1/s1. The number of amides is 3. The highest BCUT2D eigenvalue weighted by atomic mass is 32.2. The lowest BCUT2D eigenvalue weighted by Gasteiger charge is -2.46. The van der Waals surface area contributed by atoms with Gasteiger partial charge >= 0.3 is 5.97 Å². The molecule has 5 N–H and O–H groups in total. The second kappa shape index (κ2) is 9.96. The normalized spacial score (nSPS) is 36.8. The van der Waals surface area contributed by atoms with Gasteiger partial charge in [0.1, 0.15) is 5.70 Å². The Kier molecular flexibility index (Phi) is 7.05. The number of nitrogens with zero attached hydrogens (tertiary/aromatic N) is 2. The molecule has 0 unspecified atom stereocenters. The number of rotatable bonds is 7. The monoisotopic (exact) mass is 521 g/mol. The third-order valence-electron chi connectivity index (χ3n) is 8.22. The number of fused-ring (bicyclic) bond motifs is 1. The van der Waals surface area contributed by atoms with E-state index in [4.69, 9.17) is 0 Å². The minimum atomic E-state index is -1.14. The number of aliphatic carboxylic acids is 1. The van der Waals surface area contributed by atoms with Crippen molar-refractivity contribution in [2.75, 3.05) is 26.2 Å². The van der Waals surface area contributed by atoms with Gasteiger partial charge in [-0.15, -0.1) is 11.8 Å². The number of thioether (sulfide) groups is 1. The van der Waals surface area contributed by atoms with Crippen molar-refractivity contribution in [3.05, 3.63) is 10.6 Å². The van der Waals surface area contributed by atoms with Crippen LogP contribution in [0.1, 0.15) is 39.5 Å². The minimum absolute atomic E-state index is 0.00361. The summed E-state index contributed by atoms with van der Waals surface area (Å²) in [4.78, 5) is 53.9. The van der Waals surface area contributed by atoms with Crippen LogP contribution in [0.5, 0.6) is 0 Å². The first-order chi connectivity index (χ1) is 17.2. The van der Waals surface area contributed by atoms with Gasteiger partial charge in [-0.25, -0.2) is 4.79 Å². The van der Waals surface area contributed by atoms with E-state index in [1.165, 1.54) is 16.7 Å². The summed E-state index contributed by atoms with van der Waals surface area (Å²) in [6, 6.07) is -0.872. The average molecular weight is 522 g/mol. The average Bonchev–Trinajstić information content (AvgIpc) is 3.61. The second-order valence-electron chi connectivity index (χ2n) is 10.6. The zero-order chi connectivity index (χ0) is 25.7. The van der Waals surface area contributed by atoms with Crippen molar-refractivity contribution in [1.82, 2.24) is 25.8 Å². The molecule has 11 nitrogen and oxygen atoms in total. The van der Waals surface area contributed by atoms with Crippen LogP contribution in [-0.4, -0.2) is 105 Å². The summed E-state index contributed by atoms with van der Waals surface area (Å²) in [6.07, 6.45) is 2.30. The number of aliphatic hydroxyl groups is 1. The molecule has 0 aromatic rings. The highest BCUT2D eigenvalue weighted by molar-refractivity contribution is 8.03. The van der Waals surface area contributed by atoms with Gasteiger partial charge in [0, 0.05) is 41.7 Å². The lowest BCUT2D eigenvalue weighted by atomic mass is 9.79. The van der Waals surface area contributed by atoms with E-state index in [2.05, 4.69) is 16.0 Å². The van der Waals surface area contributed by atoms with Crippen molar-refractivity contribution in [3.63, 3.8) is 0 Å². The Morgan fingerprint density at radius 2 is 1.97 bits per heavy atom. The van der Waals surface area contributed by atoms with E-state index < -0.39 is 18.0 Å². The SMILES string of the molecule is C[C@@H](O)[C@H]1C(=O)N2C(C(=O)O)=C(S[C@@H]3CN[C@H](C(=O)N4CC[C@H](NC(=O)[C@@H]5CCCN5)C4)C3)[C@H](C)[C@H]12. The zero-order valence-electron chi connectivity index (χ0n) is 20.6. The number of carboxylic acids is 1. The van der Waals surface area contributed by atoms with E-state index >= 15 is 0 Å². The predicted octanol–water partition coefficient (Wildman–Crippen LogP) is -0.927. The topological polar surface area (TPSA) is 151 Å². The number of aliphatic hydroxyl groups excluding tert-OH is 1. The van der Waals surface area contributed by atoms with Crippen LogP contribution in [0.25, 0.3) is 0 Å². The summed E-state index contributed by atoms with van der Waals surface area (Å²) in [7, 11) is 0. The number of carbonyl (C=O) groups is 4. The largest absolute Gasteiger partial charge is 0.477 e. The van der Waals surface area contributed by atoms with E-state index in [1.807, 2.05) is 6.92 Å². The van der Waals surface area contributed by atoms with Gasteiger partial charge in [-0.3, -0.25) is 14.4 Å². The van der Waals surface area contributed by atoms with E-state index in [0.29, 0.717) is 31.0 Å². The van der Waals surface area contributed by atoms with Crippen molar-refractivity contribution >= 4 is 35.5 Å². The molecule has 0 aromatic carbocycles. The molecule has 0 aromatic heterocycles. The zero-order valence-corrected chi connectivity index (χ0v) is 21.4. The summed E-state index contributed by atoms with van der Waals surface area (Å²) in [5, 5.41) is 29.4. The molecule has 0 spiro atoms. The highest BCUT2D eigenvalue weighted by Crippen LogP contribution is 2.51. The molecular weight excluding hydrogens is 486 g/mol. The molecule has 4 fully saturated rings. The molecule has 12 heteroatoms. The minimum Gasteiger partial charge on any atom is -0.477 e. The first-order valence-electron chi connectivity index (χ1n) is 12.9. The number of nitrogens with one attached hydrogen (secondary N) is 3. The lowest BCUT2D eigenvalue weighted by molar-refractivity contribution is -0.163. The first-order valence-corrected chi connectivity index (χ1v) is 13.8. The molecule has 5 rings (SSSR count). The van der Waals surface area contributed by atoms with Crippen LogP contribution in [0, 0.1) is 11.8 Å². The van der Waals surface area contributed by atoms with Crippen LogP contribution in [0.4, 0.5) is 0 Å². The van der Waals surface area contributed by atoms with Crippen LogP contribution >= 0.6 is 11.8 Å². The fourth-order valence-corrected chi connectivity index (χ4v) is 7.83. The Balaban J connectivity index is 1.17. The Morgan fingerprint density at radius 1 is 1.19 bits per heavy atom. The molecule has 5 heterocycles. The molecule has 5 aliphatic heterocycles.